The van der Waals surface area contributed by atoms with E-state index < -0.39 is 0 Å². The molecule has 1 fully saturated rings. The average molecular weight is 231 g/mol. The molecule has 2 N–H and O–H groups in total. The molecule has 1 aliphatic rings. The molecule has 15 heavy (non-hydrogen) atoms. The average Bonchev–Trinajstić information content (AvgIpc) is 2.45. The van der Waals surface area contributed by atoms with Crippen molar-refractivity contribution in [3.8, 4) is 0 Å². The summed E-state index contributed by atoms with van der Waals surface area (Å²) in [5, 5.41) is 0.549. The van der Waals surface area contributed by atoms with Crippen molar-refractivity contribution in [2.45, 2.75) is 56.9 Å². The Morgan fingerprint density at radius 1 is 1.47 bits per heavy atom. The van der Waals surface area contributed by atoms with Crippen molar-refractivity contribution < 1.29 is 9.53 Å². The number of rotatable bonds is 3. The third-order valence-electron chi connectivity index (χ3n) is 2.28. The summed E-state index contributed by atoms with van der Waals surface area (Å²) in [4.78, 5) is 11.4. The van der Waals surface area contributed by atoms with Gasteiger partial charge in [0, 0.05) is 11.3 Å². The lowest BCUT2D eigenvalue weighted by Crippen LogP contribution is -2.25. The molecule has 88 valence electrons. The molecule has 0 amide bonds. The van der Waals surface area contributed by atoms with Gasteiger partial charge in [-0.1, -0.05) is 0 Å². The van der Waals surface area contributed by atoms with Crippen LogP contribution in [-0.4, -0.2) is 28.6 Å². The molecule has 2 atom stereocenters. The monoisotopic (exact) mass is 231 g/mol. The molecule has 0 aliphatic heterocycles. The molecule has 0 aromatic rings. The molecular formula is C11H21NO2S. The smallest absolute Gasteiger partial charge is 0.316 e. The number of thioether (sulfide) groups is 1. The lowest BCUT2D eigenvalue weighted by Gasteiger charge is -2.19. The molecule has 1 aliphatic carbocycles. The van der Waals surface area contributed by atoms with E-state index in [0.29, 0.717) is 17.0 Å². The Hall–Kier alpha value is -0.220. The van der Waals surface area contributed by atoms with Gasteiger partial charge in [-0.15, -0.1) is 11.8 Å². The summed E-state index contributed by atoms with van der Waals surface area (Å²) in [6.07, 6.45) is 3.26. The first-order valence-electron chi connectivity index (χ1n) is 5.46. The predicted octanol–water partition coefficient (Wildman–Crippen LogP) is 1.94. The highest BCUT2D eigenvalue weighted by molar-refractivity contribution is 8.00. The zero-order valence-corrected chi connectivity index (χ0v) is 10.6. The fourth-order valence-corrected chi connectivity index (χ4v) is 2.80. The van der Waals surface area contributed by atoms with Gasteiger partial charge >= 0.3 is 5.97 Å². The SMILES string of the molecule is CC(C)(C)OC(=O)CSC1CCC(N)C1. The molecule has 3 nitrogen and oxygen atoms in total. The Labute approximate surface area is 96.1 Å². The van der Waals surface area contributed by atoms with Crippen LogP contribution in [-0.2, 0) is 9.53 Å². The minimum absolute atomic E-state index is 0.118. The largest absolute Gasteiger partial charge is 0.459 e. The molecule has 1 rings (SSSR count). The first-order chi connectivity index (χ1) is 6.87. The van der Waals surface area contributed by atoms with Gasteiger partial charge in [0.15, 0.2) is 0 Å². The minimum atomic E-state index is -0.371. The maximum atomic E-state index is 11.4. The van der Waals surface area contributed by atoms with Gasteiger partial charge in [0.25, 0.3) is 0 Å². The van der Waals surface area contributed by atoms with Gasteiger partial charge in [0.1, 0.15) is 5.60 Å². The molecule has 0 aromatic heterocycles. The van der Waals surface area contributed by atoms with Crippen molar-refractivity contribution >= 4 is 17.7 Å². The molecular weight excluding hydrogens is 210 g/mol. The fourth-order valence-electron chi connectivity index (χ4n) is 1.68. The third kappa shape index (κ3) is 5.42. The molecule has 2 unspecified atom stereocenters. The summed E-state index contributed by atoms with van der Waals surface area (Å²) in [5.41, 5.74) is 5.43. The van der Waals surface area contributed by atoms with Gasteiger partial charge in [-0.05, 0) is 40.0 Å². The van der Waals surface area contributed by atoms with Crippen LogP contribution in [0, 0.1) is 0 Å². The first-order valence-corrected chi connectivity index (χ1v) is 6.51. The van der Waals surface area contributed by atoms with Crippen LogP contribution in [0.3, 0.4) is 0 Å². The number of carbonyl (C=O) groups excluding carboxylic acids is 1. The molecule has 0 saturated heterocycles. The lowest BCUT2D eigenvalue weighted by atomic mass is 10.2. The Morgan fingerprint density at radius 3 is 2.60 bits per heavy atom. The van der Waals surface area contributed by atoms with E-state index in [1.165, 1.54) is 0 Å². The van der Waals surface area contributed by atoms with Crippen LogP contribution in [0.1, 0.15) is 40.0 Å². The molecule has 0 radical (unpaired) electrons. The van der Waals surface area contributed by atoms with Gasteiger partial charge in [0.2, 0.25) is 0 Å². The number of hydrogen-bond acceptors (Lipinski definition) is 4. The van der Waals surface area contributed by atoms with Crippen LogP contribution in [0.5, 0.6) is 0 Å². The van der Waals surface area contributed by atoms with Crippen molar-refractivity contribution in [1.82, 2.24) is 0 Å². The molecule has 0 heterocycles. The van der Waals surface area contributed by atoms with Gasteiger partial charge in [0.05, 0.1) is 5.75 Å². The second-order valence-corrected chi connectivity index (χ2v) is 6.38. The molecule has 1 saturated carbocycles. The van der Waals surface area contributed by atoms with Crippen LogP contribution in [0.4, 0.5) is 0 Å². The summed E-state index contributed by atoms with van der Waals surface area (Å²) in [6.45, 7) is 5.67. The molecule has 4 heteroatoms. The molecule has 0 aromatic carbocycles. The predicted molar refractivity (Wildman–Crippen MR) is 63.9 cm³/mol. The van der Waals surface area contributed by atoms with Crippen LogP contribution in [0.15, 0.2) is 0 Å². The lowest BCUT2D eigenvalue weighted by molar-refractivity contribution is -0.151. The van der Waals surface area contributed by atoms with Gasteiger partial charge in [-0.2, -0.15) is 0 Å². The maximum Gasteiger partial charge on any atom is 0.316 e. The molecule has 0 bridgehead atoms. The van der Waals surface area contributed by atoms with Crippen molar-refractivity contribution in [2.75, 3.05) is 5.75 Å². The van der Waals surface area contributed by atoms with Crippen molar-refractivity contribution in [2.24, 2.45) is 5.73 Å². The van der Waals surface area contributed by atoms with E-state index in [2.05, 4.69) is 0 Å². The van der Waals surface area contributed by atoms with Crippen molar-refractivity contribution in [1.29, 1.82) is 0 Å². The minimum Gasteiger partial charge on any atom is -0.459 e. The summed E-state index contributed by atoms with van der Waals surface area (Å²) in [7, 11) is 0. The second kappa shape index (κ2) is 5.21. The van der Waals surface area contributed by atoms with Crippen LogP contribution in [0.25, 0.3) is 0 Å². The van der Waals surface area contributed by atoms with E-state index in [9.17, 15) is 4.79 Å². The van der Waals surface area contributed by atoms with Crippen molar-refractivity contribution in [3.63, 3.8) is 0 Å². The standard InChI is InChI=1S/C11H21NO2S/c1-11(2,3)14-10(13)7-15-9-5-4-8(12)6-9/h8-9H,4-7,12H2,1-3H3. The molecule has 0 spiro atoms. The summed E-state index contributed by atoms with van der Waals surface area (Å²) < 4.78 is 5.23. The highest BCUT2D eigenvalue weighted by atomic mass is 32.2. The highest BCUT2D eigenvalue weighted by Crippen LogP contribution is 2.29. The number of esters is 1. The number of ether oxygens (including phenoxy) is 1. The van der Waals surface area contributed by atoms with Gasteiger partial charge < -0.3 is 10.5 Å². The summed E-state index contributed by atoms with van der Waals surface area (Å²) in [5.74, 6) is 0.335. The Kier molecular flexibility index (Phi) is 4.46. The fraction of sp³-hybridized carbons (Fsp3) is 0.909. The van der Waals surface area contributed by atoms with Gasteiger partial charge in [-0.25, -0.2) is 0 Å². The number of carbonyl (C=O) groups is 1. The van der Waals surface area contributed by atoms with E-state index in [0.717, 1.165) is 19.3 Å². The zero-order valence-electron chi connectivity index (χ0n) is 9.79. The van der Waals surface area contributed by atoms with E-state index in [-0.39, 0.29) is 11.6 Å². The van der Waals surface area contributed by atoms with Crippen molar-refractivity contribution in [3.05, 3.63) is 0 Å². The Bertz CT molecular complexity index is 225. The first kappa shape index (κ1) is 12.8. The summed E-state index contributed by atoms with van der Waals surface area (Å²) >= 11 is 1.68. The quantitative estimate of drug-likeness (QED) is 0.754. The van der Waals surface area contributed by atoms with E-state index in [1.54, 1.807) is 11.8 Å². The van der Waals surface area contributed by atoms with Crippen LogP contribution >= 0.6 is 11.8 Å². The maximum absolute atomic E-state index is 11.4. The summed E-state index contributed by atoms with van der Waals surface area (Å²) in [6, 6.07) is 0.334. The normalized spacial score (nSPS) is 26.7. The number of hydrogen-bond donors (Lipinski definition) is 1. The topological polar surface area (TPSA) is 52.3 Å². The van der Waals surface area contributed by atoms with E-state index in [4.69, 9.17) is 10.5 Å². The number of nitrogens with two attached hydrogens (primary N) is 1. The zero-order chi connectivity index (χ0) is 11.5. The third-order valence-corrected chi connectivity index (χ3v) is 3.58. The Morgan fingerprint density at radius 2 is 2.13 bits per heavy atom. The second-order valence-electron chi connectivity index (χ2n) is 5.09. The van der Waals surface area contributed by atoms with Crippen LogP contribution in [0.2, 0.25) is 0 Å². The van der Waals surface area contributed by atoms with E-state index in [1.807, 2.05) is 20.8 Å². The van der Waals surface area contributed by atoms with E-state index >= 15 is 0 Å². The van der Waals surface area contributed by atoms with Gasteiger partial charge in [-0.3, -0.25) is 4.79 Å². The van der Waals surface area contributed by atoms with Crippen LogP contribution < -0.4 is 5.73 Å². The highest BCUT2D eigenvalue weighted by Gasteiger charge is 2.24. The Balaban J connectivity index is 2.17.